The topological polar surface area (TPSA) is 139 Å². The summed E-state index contributed by atoms with van der Waals surface area (Å²) in [6, 6.07) is 6.04. The Morgan fingerprint density at radius 1 is 1.28 bits per heavy atom. The van der Waals surface area contributed by atoms with Crippen molar-refractivity contribution in [2.75, 3.05) is 13.2 Å². The summed E-state index contributed by atoms with van der Waals surface area (Å²) in [5.74, 6) is -2.58. The molecule has 1 fully saturated rings. The minimum absolute atomic E-state index is 0.235. The van der Waals surface area contributed by atoms with E-state index in [2.05, 4.69) is 5.32 Å². The maximum absolute atomic E-state index is 11.9. The monoisotopic (exact) mass is 350 g/mol. The Bertz CT molecular complexity index is 656. The molecular formula is C17H22N2O6. The van der Waals surface area contributed by atoms with Gasteiger partial charge in [-0.2, -0.15) is 0 Å². The van der Waals surface area contributed by atoms with Crippen LogP contribution in [0.25, 0.3) is 0 Å². The largest absolute Gasteiger partial charge is 0.490 e. The fourth-order valence-electron chi connectivity index (χ4n) is 2.95. The molecule has 0 spiro atoms. The Morgan fingerprint density at radius 3 is 2.56 bits per heavy atom. The van der Waals surface area contributed by atoms with Gasteiger partial charge in [0, 0.05) is 11.5 Å². The number of hydrogen-bond acceptors (Lipinski definition) is 5. The molecule has 0 saturated heterocycles. The van der Waals surface area contributed by atoms with E-state index >= 15 is 0 Å². The lowest BCUT2D eigenvalue weighted by atomic mass is 9.87. The van der Waals surface area contributed by atoms with Gasteiger partial charge in [-0.15, -0.1) is 0 Å². The van der Waals surface area contributed by atoms with E-state index in [-0.39, 0.29) is 23.8 Å². The van der Waals surface area contributed by atoms with Crippen LogP contribution in [0.5, 0.6) is 5.75 Å². The number of aliphatic hydroxyl groups is 1. The van der Waals surface area contributed by atoms with Gasteiger partial charge in [-0.1, -0.05) is 18.9 Å². The van der Waals surface area contributed by atoms with E-state index in [1.54, 1.807) is 12.1 Å². The van der Waals surface area contributed by atoms with Crippen LogP contribution in [-0.4, -0.2) is 46.7 Å². The summed E-state index contributed by atoms with van der Waals surface area (Å²) in [6.45, 7) is -0.691. The molecule has 25 heavy (non-hydrogen) atoms. The van der Waals surface area contributed by atoms with E-state index in [1.165, 1.54) is 12.1 Å². The van der Waals surface area contributed by atoms with Crippen molar-refractivity contribution in [3.05, 3.63) is 29.8 Å². The average Bonchev–Trinajstić information content (AvgIpc) is 3.12. The Morgan fingerprint density at radius 2 is 1.96 bits per heavy atom. The van der Waals surface area contributed by atoms with Crippen LogP contribution in [0.2, 0.25) is 0 Å². The molecule has 1 unspecified atom stereocenters. The molecule has 0 heterocycles. The predicted molar refractivity (Wildman–Crippen MR) is 88.0 cm³/mol. The molecule has 0 aliphatic heterocycles. The molecule has 1 aliphatic rings. The first-order valence-electron chi connectivity index (χ1n) is 8.08. The van der Waals surface area contributed by atoms with Gasteiger partial charge in [0.2, 0.25) is 5.91 Å². The summed E-state index contributed by atoms with van der Waals surface area (Å²) in [4.78, 5) is 34.1. The third-order valence-electron chi connectivity index (χ3n) is 4.38. The summed E-state index contributed by atoms with van der Waals surface area (Å²) < 4.78 is 5.46. The molecule has 5 N–H and O–H groups in total. The van der Waals surface area contributed by atoms with Gasteiger partial charge in [-0.3, -0.25) is 9.59 Å². The predicted octanol–water partition coefficient (Wildman–Crippen LogP) is 0.286. The molecule has 0 aromatic heterocycles. The minimum Gasteiger partial charge on any atom is -0.490 e. The average molecular weight is 350 g/mol. The van der Waals surface area contributed by atoms with E-state index in [1.807, 2.05) is 0 Å². The molecular weight excluding hydrogens is 328 g/mol. The number of amides is 2. The minimum atomic E-state index is -1.96. The summed E-state index contributed by atoms with van der Waals surface area (Å²) in [5, 5.41) is 22.3. The van der Waals surface area contributed by atoms with Crippen molar-refractivity contribution in [1.29, 1.82) is 0 Å². The first-order chi connectivity index (χ1) is 11.8. The van der Waals surface area contributed by atoms with E-state index in [0.717, 1.165) is 12.8 Å². The number of nitrogens with two attached hydrogens (primary N) is 1. The molecule has 8 nitrogen and oxygen atoms in total. The fourth-order valence-corrected chi connectivity index (χ4v) is 2.95. The van der Waals surface area contributed by atoms with Crippen molar-refractivity contribution in [1.82, 2.24) is 5.32 Å². The molecule has 2 amide bonds. The second kappa shape index (κ2) is 7.98. The highest BCUT2D eigenvalue weighted by Crippen LogP contribution is 2.35. The third kappa shape index (κ3) is 4.69. The standard InChI is InChI=1S/C17H22N2O6/c18-14(20)9-19-15(21)11-4-3-7-13(8-11)25-10-17(24,16(22)23)12-5-1-2-6-12/h3-4,7-8,12,24H,1-2,5-6,9-10H2,(H2,18,20)(H,19,21)(H,22,23). The van der Waals surface area contributed by atoms with E-state index in [4.69, 9.17) is 10.5 Å². The van der Waals surface area contributed by atoms with Crippen LogP contribution < -0.4 is 15.8 Å². The van der Waals surface area contributed by atoms with Crippen LogP contribution in [0.4, 0.5) is 0 Å². The zero-order valence-corrected chi connectivity index (χ0v) is 13.7. The number of carboxylic acids is 1. The highest BCUT2D eigenvalue weighted by atomic mass is 16.5. The number of rotatable bonds is 8. The van der Waals surface area contributed by atoms with Crippen molar-refractivity contribution < 1.29 is 29.3 Å². The number of carboxylic acid groups (broad SMARTS) is 1. The van der Waals surface area contributed by atoms with Crippen molar-refractivity contribution in [3.63, 3.8) is 0 Å². The summed E-state index contributed by atoms with van der Waals surface area (Å²) >= 11 is 0. The van der Waals surface area contributed by atoms with Crippen LogP contribution in [0, 0.1) is 5.92 Å². The molecule has 0 bridgehead atoms. The first kappa shape index (κ1) is 18.7. The summed E-state index contributed by atoms with van der Waals surface area (Å²) in [6.07, 6.45) is 3.05. The van der Waals surface area contributed by atoms with Gasteiger partial charge in [-0.05, 0) is 31.0 Å². The number of hydrogen-bond donors (Lipinski definition) is 4. The van der Waals surface area contributed by atoms with Gasteiger partial charge in [0.15, 0.2) is 5.60 Å². The van der Waals surface area contributed by atoms with E-state index < -0.39 is 30.0 Å². The summed E-state index contributed by atoms with van der Waals surface area (Å²) in [7, 11) is 0. The van der Waals surface area contributed by atoms with E-state index in [0.29, 0.717) is 12.8 Å². The normalized spacial score (nSPS) is 16.8. The third-order valence-corrected chi connectivity index (χ3v) is 4.38. The lowest BCUT2D eigenvalue weighted by Crippen LogP contribution is -2.50. The molecule has 0 radical (unpaired) electrons. The van der Waals surface area contributed by atoms with Crippen molar-refractivity contribution in [3.8, 4) is 5.75 Å². The van der Waals surface area contributed by atoms with Gasteiger partial charge in [0.1, 0.15) is 12.4 Å². The number of carbonyl (C=O) groups excluding carboxylic acids is 2. The smallest absolute Gasteiger partial charge is 0.339 e. The lowest BCUT2D eigenvalue weighted by molar-refractivity contribution is -0.169. The van der Waals surface area contributed by atoms with Crippen LogP contribution in [0.3, 0.4) is 0 Å². The Balaban J connectivity index is 2.04. The molecule has 136 valence electrons. The Kier molecular flexibility index (Phi) is 5.97. The van der Waals surface area contributed by atoms with Crippen molar-refractivity contribution >= 4 is 17.8 Å². The number of primary amides is 1. The highest BCUT2D eigenvalue weighted by Gasteiger charge is 2.46. The van der Waals surface area contributed by atoms with Crippen LogP contribution in [-0.2, 0) is 9.59 Å². The van der Waals surface area contributed by atoms with Crippen molar-refractivity contribution in [2.24, 2.45) is 11.7 Å². The second-order valence-electron chi connectivity index (χ2n) is 6.18. The van der Waals surface area contributed by atoms with Gasteiger partial charge >= 0.3 is 5.97 Å². The zero-order chi connectivity index (χ0) is 18.4. The van der Waals surface area contributed by atoms with Gasteiger partial charge < -0.3 is 26.0 Å². The SMILES string of the molecule is NC(=O)CNC(=O)c1cccc(OCC(O)(C(=O)O)C2CCCC2)c1. The molecule has 2 rings (SSSR count). The molecule has 1 atom stereocenters. The van der Waals surface area contributed by atoms with Gasteiger partial charge in [-0.25, -0.2) is 4.79 Å². The van der Waals surface area contributed by atoms with Crippen LogP contribution in [0.1, 0.15) is 36.0 Å². The number of nitrogens with one attached hydrogen (secondary N) is 1. The molecule has 1 aliphatic carbocycles. The molecule has 1 saturated carbocycles. The highest BCUT2D eigenvalue weighted by molar-refractivity contribution is 5.96. The van der Waals surface area contributed by atoms with Crippen molar-refractivity contribution in [2.45, 2.75) is 31.3 Å². The zero-order valence-electron chi connectivity index (χ0n) is 13.7. The number of aliphatic carboxylic acids is 1. The van der Waals surface area contributed by atoms with Crippen LogP contribution >= 0.6 is 0 Å². The van der Waals surface area contributed by atoms with Gasteiger partial charge in [0.25, 0.3) is 5.91 Å². The van der Waals surface area contributed by atoms with E-state index in [9.17, 15) is 24.6 Å². The molecule has 1 aromatic rings. The Hall–Kier alpha value is -2.61. The maximum Gasteiger partial charge on any atom is 0.339 e. The number of carbonyl (C=O) groups is 3. The number of ether oxygens (including phenoxy) is 1. The Labute approximate surface area is 145 Å². The number of benzene rings is 1. The summed E-state index contributed by atoms with van der Waals surface area (Å²) in [5.41, 5.74) is 3.25. The molecule has 8 heteroatoms. The van der Waals surface area contributed by atoms with Gasteiger partial charge in [0.05, 0.1) is 6.54 Å². The lowest BCUT2D eigenvalue weighted by Gasteiger charge is -2.29. The first-order valence-corrected chi connectivity index (χ1v) is 8.08. The van der Waals surface area contributed by atoms with Crippen LogP contribution in [0.15, 0.2) is 24.3 Å². The molecule has 1 aromatic carbocycles. The fraction of sp³-hybridized carbons (Fsp3) is 0.471. The maximum atomic E-state index is 11.9. The second-order valence-corrected chi connectivity index (χ2v) is 6.18. The quantitative estimate of drug-likeness (QED) is 0.531.